The van der Waals surface area contributed by atoms with E-state index in [0.29, 0.717) is 37.6 Å². The maximum absolute atomic E-state index is 12.7. The van der Waals surface area contributed by atoms with Crippen molar-refractivity contribution in [2.24, 2.45) is 0 Å². The SMILES string of the molecule is CCOc1cc2ncnc(N3CCN(C(=O)Cc4ccccc4)CC3)c2cc1OC. The molecule has 1 aliphatic rings. The van der Waals surface area contributed by atoms with Gasteiger partial charge in [0.1, 0.15) is 12.1 Å². The minimum atomic E-state index is 0.163. The first-order valence-corrected chi connectivity index (χ1v) is 10.2. The molecular weight excluding hydrogens is 380 g/mol. The predicted molar refractivity (Wildman–Crippen MR) is 116 cm³/mol. The number of carbonyl (C=O) groups is 1. The van der Waals surface area contributed by atoms with Crippen LogP contribution in [-0.2, 0) is 11.2 Å². The Labute approximate surface area is 176 Å². The van der Waals surface area contributed by atoms with Gasteiger partial charge in [0.2, 0.25) is 5.91 Å². The first kappa shape index (κ1) is 19.9. The Morgan fingerprint density at radius 2 is 1.80 bits per heavy atom. The Bertz CT molecular complexity index is 1020. The lowest BCUT2D eigenvalue weighted by Crippen LogP contribution is -2.49. The standard InChI is InChI=1S/C23H26N4O3/c1-3-30-21-15-19-18(14-20(21)29-2)23(25-16-24-19)27-11-9-26(10-12-27)22(28)13-17-7-5-4-6-8-17/h4-8,14-16H,3,9-13H2,1-2H3. The van der Waals surface area contributed by atoms with Crippen molar-refractivity contribution in [2.45, 2.75) is 13.3 Å². The van der Waals surface area contributed by atoms with Crippen LogP contribution in [0.5, 0.6) is 11.5 Å². The monoisotopic (exact) mass is 406 g/mol. The summed E-state index contributed by atoms with van der Waals surface area (Å²) in [7, 11) is 1.63. The van der Waals surface area contributed by atoms with E-state index in [1.807, 2.05) is 54.3 Å². The summed E-state index contributed by atoms with van der Waals surface area (Å²) in [6, 6.07) is 13.7. The van der Waals surface area contributed by atoms with E-state index in [0.717, 1.165) is 35.4 Å². The molecule has 1 fully saturated rings. The molecule has 0 unspecified atom stereocenters. The van der Waals surface area contributed by atoms with E-state index in [-0.39, 0.29) is 5.91 Å². The molecule has 0 spiro atoms. The molecule has 0 N–H and O–H groups in total. The molecule has 4 rings (SSSR count). The summed E-state index contributed by atoms with van der Waals surface area (Å²) in [5.41, 5.74) is 1.86. The molecule has 1 amide bonds. The van der Waals surface area contributed by atoms with Crippen LogP contribution >= 0.6 is 0 Å². The number of ether oxygens (including phenoxy) is 2. The number of hydrogen-bond donors (Lipinski definition) is 0. The van der Waals surface area contributed by atoms with Gasteiger partial charge in [-0.3, -0.25) is 4.79 Å². The number of fused-ring (bicyclic) bond motifs is 1. The fourth-order valence-electron chi connectivity index (χ4n) is 3.78. The lowest BCUT2D eigenvalue weighted by atomic mass is 10.1. The van der Waals surface area contributed by atoms with E-state index >= 15 is 0 Å². The summed E-state index contributed by atoms with van der Waals surface area (Å²) < 4.78 is 11.2. The van der Waals surface area contributed by atoms with Crippen molar-refractivity contribution in [3.63, 3.8) is 0 Å². The van der Waals surface area contributed by atoms with Crippen LogP contribution in [0, 0.1) is 0 Å². The van der Waals surface area contributed by atoms with Gasteiger partial charge < -0.3 is 19.3 Å². The lowest BCUT2D eigenvalue weighted by molar-refractivity contribution is -0.130. The second kappa shape index (κ2) is 8.98. The van der Waals surface area contributed by atoms with E-state index < -0.39 is 0 Å². The molecule has 0 atom stereocenters. The average Bonchev–Trinajstić information content (AvgIpc) is 2.79. The number of anilines is 1. The number of nitrogens with zero attached hydrogens (tertiary/aromatic N) is 4. The van der Waals surface area contributed by atoms with Gasteiger partial charge in [-0.25, -0.2) is 9.97 Å². The van der Waals surface area contributed by atoms with E-state index in [9.17, 15) is 4.79 Å². The van der Waals surface area contributed by atoms with Gasteiger partial charge in [0.15, 0.2) is 11.5 Å². The Balaban J connectivity index is 1.49. The molecule has 0 radical (unpaired) electrons. The average molecular weight is 406 g/mol. The van der Waals surface area contributed by atoms with Crippen LogP contribution in [0.2, 0.25) is 0 Å². The summed E-state index contributed by atoms with van der Waals surface area (Å²) in [4.78, 5) is 25.7. The smallest absolute Gasteiger partial charge is 0.227 e. The minimum absolute atomic E-state index is 0.163. The Hall–Kier alpha value is -3.35. The van der Waals surface area contributed by atoms with Crippen molar-refractivity contribution >= 4 is 22.6 Å². The van der Waals surface area contributed by atoms with Crippen molar-refractivity contribution in [3.8, 4) is 11.5 Å². The molecule has 0 bridgehead atoms. The van der Waals surface area contributed by atoms with Crippen molar-refractivity contribution in [1.82, 2.24) is 14.9 Å². The van der Waals surface area contributed by atoms with E-state index in [4.69, 9.17) is 9.47 Å². The fraction of sp³-hybridized carbons (Fsp3) is 0.348. The van der Waals surface area contributed by atoms with Crippen molar-refractivity contribution in [3.05, 3.63) is 54.4 Å². The molecule has 156 valence electrons. The van der Waals surface area contributed by atoms with Crippen LogP contribution in [0.25, 0.3) is 10.9 Å². The molecular formula is C23H26N4O3. The van der Waals surface area contributed by atoms with Gasteiger partial charge >= 0.3 is 0 Å². The molecule has 0 saturated carbocycles. The zero-order valence-corrected chi connectivity index (χ0v) is 17.4. The third kappa shape index (κ3) is 4.15. The van der Waals surface area contributed by atoms with Crippen molar-refractivity contribution in [2.75, 3.05) is 44.8 Å². The molecule has 1 saturated heterocycles. The topological polar surface area (TPSA) is 67.8 Å². The van der Waals surface area contributed by atoms with Gasteiger partial charge in [-0.05, 0) is 18.6 Å². The normalized spacial score (nSPS) is 14.1. The van der Waals surface area contributed by atoms with Crippen molar-refractivity contribution in [1.29, 1.82) is 0 Å². The minimum Gasteiger partial charge on any atom is -0.493 e. The maximum Gasteiger partial charge on any atom is 0.227 e. The Morgan fingerprint density at radius 1 is 1.03 bits per heavy atom. The first-order valence-electron chi connectivity index (χ1n) is 10.2. The number of aromatic nitrogens is 2. The van der Waals surface area contributed by atoms with Gasteiger partial charge in [0.05, 0.1) is 25.7 Å². The number of benzene rings is 2. The summed E-state index contributed by atoms with van der Waals surface area (Å²) in [6.45, 7) is 5.29. The maximum atomic E-state index is 12.7. The number of rotatable bonds is 6. The molecule has 7 heteroatoms. The lowest BCUT2D eigenvalue weighted by Gasteiger charge is -2.36. The van der Waals surface area contributed by atoms with Gasteiger partial charge in [-0.15, -0.1) is 0 Å². The molecule has 0 aliphatic carbocycles. The number of methoxy groups -OCH3 is 1. The van der Waals surface area contributed by atoms with Gasteiger partial charge in [-0.1, -0.05) is 30.3 Å². The van der Waals surface area contributed by atoms with Crippen molar-refractivity contribution < 1.29 is 14.3 Å². The van der Waals surface area contributed by atoms with E-state index in [2.05, 4.69) is 14.9 Å². The number of hydrogen-bond acceptors (Lipinski definition) is 6. The summed E-state index contributed by atoms with van der Waals surface area (Å²) in [6.07, 6.45) is 2.02. The van der Waals surface area contributed by atoms with E-state index in [1.54, 1.807) is 13.4 Å². The number of carbonyl (C=O) groups excluding carboxylic acids is 1. The number of amides is 1. The second-order valence-electron chi connectivity index (χ2n) is 7.18. The highest BCUT2D eigenvalue weighted by Crippen LogP contribution is 2.35. The molecule has 1 aliphatic heterocycles. The third-order valence-corrected chi connectivity index (χ3v) is 5.33. The largest absolute Gasteiger partial charge is 0.493 e. The number of piperazine rings is 1. The molecule has 30 heavy (non-hydrogen) atoms. The summed E-state index contributed by atoms with van der Waals surface area (Å²) in [5, 5.41) is 0.918. The highest BCUT2D eigenvalue weighted by molar-refractivity contribution is 5.92. The van der Waals surface area contributed by atoms with Crippen LogP contribution in [0.3, 0.4) is 0 Å². The van der Waals surface area contributed by atoms with Crippen LogP contribution in [0.4, 0.5) is 5.82 Å². The quantitative estimate of drug-likeness (QED) is 0.627. The summed E-state index contributed by atoms with van der Waals surface area (Å²) in [5.74, 6) is 2.36. The first-order chi connectivity index (χ1) is 14.7. The summed E-state index contributed by atoms with van der Waals surface area (Å²) >= 11 is 0. The third-order valence-electron chi connectivity index (χ3n) is 5.33. The Kier molecular flexibility index (Phi) is 5.97. The van der Waals surface area contributed by atoms with Crippen LogP contribution in [0.1, 0.15) is 12.5 Å². The molecule has 1 aromatic heterocycles. The predicted octanol–water partition coefficient (Wildman–Crippen LogP) is 2.93. The van der Waals surface area contributed by atoms with Crippen LogP contribution < -0.4 is 14.4 Å². The van der Waals surface area contributed by atoms with Crippen LogP contribution in [0.15, 0.2) is 48.8 Å². The Morgan fingerprint density at radius 3 is 2.50 bits per heavy atom. The van der Waals surface area contributed by atoms with Gasteiger partial charge in [-0.2, -0.15) is 0 Å². The zero-order valence-electron chi connectivity index (χ0n) is 17.4. The molecule has 7 nitrogen and oxygen atoms in total. The molecule has 2 aromatic carbocycles. The molecule has 3 aromatic rings. The zero-order chi connectivity index (χ0) is 20.9. The van der Waals surface area contributed by atoms with Gasteiger partial charge in [0.25, 0.3) is 0 Å². The highest BCUT2D eigenvalue weighted by Gasteiger charge is 2.24. The van der Waals surface area contributed by atoms with E-state index in [1.165, 1.54) is 0 Å². The van der Waals surface area contributed by atoms with Crippen LogP contribution in [-0.4, -0.2) is 60.7 Å². The second-order valence-corrected chi connectivity index (χ2v) is 7.18. The van der Waals surface area contributed by atoms with Gasteiger partial charge in [0, 0.05) is 37.6 Å². The molecule has 2 heterocycles. The highest BCUT2D eigenvalue weighted by atomic mass is 16.5. The fourth-order valence-corrected chi connectivity index (χ4v) is 3.78.